The molecule has 2 aromatic carbocycles. The van der Waals surface area contributed by atoms with E-state index in [2.05, 4.69) is 29.4 Å². The summed E-state index contributed by atoms with van der Waals surface area (Å²) in [5, 5.41) is 15.2. The van der Waals surface area contributed by atoms with Gasteiger partial charge in [0.05, 0.1) is 24.5 Å². The van der Waals surface area contributed by atoms with Crippen molar-refractivity contribution in [1.82, 2.24) is 4.90 Å². The summed E-state index contributed by atoms with van der Waals surface area (Å²) < 4.78 is 12.1. The molecule has 0 radical (unpaired) electrons. The van der Waals surface area contributed by atoms with Crippen LogP contribution in [0.2, 0.25) is 0 Å². The predicted octanol–water partition coefficient (Wildman–Crippen LogP) is 4.44. The lowest BCUT2D eigenvalue weighted by Crippen LogP contribution is -2.53. The van der Waals surface area contributed by atoms with Crippen molar-refractivity contribution in [3.05, 3.63) is 48.5 Å². The second-order valence-corrected chi connectivity index (χ2v) is 11.9. The van der Waals surface area contributed by atoms with Crippen molar-refractivity contribution in [3.63, 3.8) is 0 Å². The molecule has 5 atom stereocenters. The Hall–Kier alpha value is -3.63. The Bertz CT molecular complexity index is 1300. The van der Waals surface area contributed by atoms with Crippen molar-refractivity contribution in [2.45, 2.75) is 77.0 Å². The number of likely N-dealkylation sites (tertiary alicyclic amines) is 1. The van der Waals surface area contributed by atoms with Crippen molar-refractivity contribution in [3.8, 4) is 5.75 Å². The molecule has 3 heterocycles. The van der Waals surface area contributed by atoms with Crippen LogP contribution in [0.3, 0.4) is 0 Å². The molecule has 2 unspecified atom stereocenters. The number of anilines is 3. The zero-order valence-corrected chi connectivity index (χ0v) is 26.1. The minimum absolute atomic E-state index is 0.131. The highest BCUT2D eigenvalue weighted by molar-refractivity contribution is 6.05. The van der Waals surface area contributed by atoms with Gasteiger partial charge in [0.15, 0.2) is 0 Å². The lowest BCUT2D eigenvalue weighted by Gasteiger charge is -2.33. The molecule has 2 aromatic rings. The summed E-state index contributed by atoms with van der Waals surface area (Å²) >= 11 is 0. The number of aliphatic hydroxyl groups excluding tert-OH is 1. The Kier molecular flexibility index (Phi) is 10.1. The molecule has 5 rings (SSSR count). The van der Waals surface area contributed by atoms with Gasteiger partial charge >= 0.3 is 0 Å². The normalized spacial score (nSPS) is 25.2. The summed E-state index contributed by atoms with van der Waals surface area (Å²) in [5.41, 5.74) is 1.28. The summed E-state index contributed by atoms with van der Waals surface area (Å²) in [5.74, 6) is -1.47. The van der Waals surface area contributed by atoms with Gasteiger partial charge < -0.3 is 35.0 Å². The van der Waals surface area contributed by atoms with Crippen molar-refractivity contribution in [2.24, 2.45) is 11.8 Å². The first-order chi connectivity index (χ1) is 21.4. The molecule has 3 saturated heterocycles. The first kappa shape index (κ1) is 31.8. The van der Waals surface area contributed by atoms with E-state index in [1.807, 2.05) is 31.2 Å². The number of ether oxygens (including phenoxy) is 2. The van der Waals surface area contributed by atoms with Crippen molar-refractivity contribution in [2.75, 3.05) is 48.4 Å². The largest absolute Gasteiger partial charge is 0.494 e. The number of carbonyl (C=O) groups is 3. The van der Waals surface area contributed by atoms with Gasteiger partial charge in [-0.25, -0.2) is 0 Å². The van der Waals surface area contributed by atoms with Crippen LogP contribution in [0.5, 0.6) is 5.75 Å². The van der Waals surface area contributed by atoms with Gasteiger partial charge in [0.25, 0.3) is 0 Å². The summed E-state index contributed by atoms with van der Waals surface area (Å²) in [6, 6.07) is 14.1. The van der Waals surface area contributed by atoms with Gasteiger partial charge in [-0.15, -0.1) is 0 Å². The van der Waals surface area contributed by atoms with E-state index < -0.39 is 29.6 Å². The quantitative estimate of drug-likeness (QED) is 0.257. The number of nitrogens with zero attached hydrogens (tertiary/aromatic N) is 2. The highest BCUT2D eigenvalue weighted by Gasteiger charge is 2.74. The highest BCUT2D eigenvalue weighted by atomic mass is 16.5. The van der Waals surface area contributed by atoms with Crippen molar-refractivity contribution in [1.29, 1.82) is 0 Å². The number of hydrogen-bond acceptors (Lipinski definition) is 7. The molecule has 44 heavy (non-hydrogen) atoms. The van der Waals surface area contributed by atoms with Crippen LogP contribution in [0.4, 0.5) is 17.1 Å². The molecule has 10 heteroatoms. The smallest absolute Gasteiger partial charge is 0.250 e. The van der Waals surface area contributed by atoms with Gasteiger partial charge in [-0.05, 0) is 95.0 Å². The number of nitrogens with one attached hydrogen (secondary N) is 2. The Morgan fingerprint density at radius 2 is 1.59 bits per heavy atom. The third-order valence-corrected chi connectivity index (χ3v) is 9.35. The van der Waals surface area contributed by atoms with Crippen LogP contribution in [0, 0.1) is 11.8 Å². The number of rotatable bonds is 15. The molecule has 238 valence electrons. The van der Waals surface area contributed by atoms with Crippen LogP contribution < -0.4 is 20.3 Å². The molecule has 3 amide bonds. The van der Waals surface area contributed by atoms with E-state index >= 15 is 0 Å². The van der Waals surface area contributed by atoms with Gasteiger partial charge in [0.2, 0.25) is 17.7 Å². The van der Waals surface area contributed by atoms with Crippen LogP contribution >= 0.6 is 0 Å². The molecule has 3 fully saturated rings. The number of fused-ring (bicyclic) bond motifs is 1. The third kappa shape index (κ3) is 6.15. The summed E-state index contributed by atoms with van der Waals surface area (Å²) in [6.07, 6.45) is 3.79. The monoisotopic (exact) mass is 606 g/mol. The number of benzene rings is 2. The van der Waals surface area contributed by atoms with Gasteiger partial charge in [-0.1, -0.05) is 12.8 Å². The molecule has 2 bridgehead atoms. The Balaban J connectivity index is 1.37. The lowest BCUT2D eigenvalue weighted by atomic mass is 9.70. The molecule has 0 aliphatic carbocycles. The fraction of sp³-hybridized carbons (Fsp3) is 0.559. The second kappa shape index (κ2) is 14.0. The maximum absolute atomic E-state index is 14.2. The Morgan fingerprint density at radius 1 is 0.955 bits per heavy atom. The average Bonchev–Trinajstić information content (AvgIpc) is 3.67. The van der Waals surface area contributed by atoms with Crippen LogP contribution in [0.1, 0.15) is 59.3 Å². The second-order valence-electron chi connectivity index (χ2n) is 11.9. The van der Waals surface area contributed by atoms with E-state index in [1.165, 1.54) is 0 Å². The van der Waals surface area contributed by atoms with Crippen molar-refractivity contribution >= 4 is 34.8 Å². The lowest BCUT2D eigenvalue weighted by molar-refractivity contribution is -0.139. The van der Waals surface area contributed by atoms with Crippen LogP contribution in [0.25, 0.3) is 0 Å². The molecule has 10 nitrogen and oxygen atoms in total. The molecule has 3 aliphatic rings. The van der Waals surface area contributed by atoms with E-state index in [-0.39, 0.29) is 24.3 Å². The number of carbonyl (C=O) groups excluding carboxylic acids is 3. The van der Waals surface area contributed by atoms with Crippen LogP contribution in [-0.4, -0.2) is 78.3 Å². The molecule has 3 N–H and O–H groups in total. The number of amides is 3. The van der Waals surface area contributed by atoms with Gasteiger partial charge in [0.1, 0.15) is 17.4 Å². The summed E-state index contributed by atoms with van der Waals surface area (Å²) in [7, 11) is 0. The topological polar surface area (TPSA) is 120 Å². The first-order valence-electron chi connectivity index (χ1n) is 16.2. The SMILES string of the molecule is CCOc1ccc(NC(=O)[C@@H]2[C@@H]3CCC4(O3)C(C(=O)Nc3ccc(N(CC)CC)cc3)N(CCCCCCO)C(=O)[C@H]24)cc1. The van der Waals surface area contributed by atoms with Gasteiger partial charge in [-0.3, -0.25) is 14.4 Å². The fourth-order valence-electron chi connectivity index (χ4n) is 7.32. The van der Waals surface area contributed by atoms with E-state index in [0.717, 1.165) is 31.6 Å². The number of hydrogen-bond donors (Lipinski definition) is 3. The van der Waals surface area contributed by atoms with Gasteiger partial charge in [-0.2, -0.15) is 0 Å². The van der Waals surface area contributed by atoms with Gasteiger partial charge in [0, 0.05) is 43.3 Å². The Labute approximate surface area is 260 Å². The molecular formula is C34H46N4O6. The van der Waals surface area contributed by atoms with E-state index in [1.54, 1.807) is 29.2 Å². The standard InChI is InChI=1S/C34H46N4O6/c1-4-37(5-2)25-15-11-23(12-16-25)36-32(41)30-34-20-19-27(44-34)28(29(34)33(42)38(30)21-9-7-8-10-22-39)31(40)35-24-13-17-26(18-14-24)43-6-3/h11-18,27-30,39H,4-10,19-22H2,1-3H3,(H,35,40)(H,36,41)/t27-,28+,29-,30?,34?/m0/s1. The average molecular weight is 607 g/mol. The van der Waals surface area contributed by atoms with E-state index in [9.17, 15) is 19.5 Å². The Morgan fingerprint density at radius 3 is 2.23 bits per heavy atom. The minimum atomic E-state index is -1.06. The van der Waals surface area contributed by atoms with Crippen LogP contribution in [-0.2, 0) is 19.1 Å². The summed E-state index contributed by atoms with van der Waals surface area (Å²) in [4.78, 5) is 45.8. The number of aliphatic hydroxyl groups is 1. The molecule has 0 aromatic heterocycles. The zero-order valence-electron chi connectivity index (χ0n) is 26.1. The number of unbranched alkanes of at least 4 members (excludes halogenated alkanes) is 3. The van der Waals surface area contributed by atoms with E-state index in [0.29, 0.717) is 56.0 Å². The third-order valence-electron chi connectivity index (χ3n) is 9.35. The maximum atomic E-state index is 14.2. The summed E-state index contributed by atoms with van der Waals surface area (Å²) in [6.45, 7) is 8.96. The first-order valence-corrected chi connectivity index (χ1v) is 16.2. The predicted molar refractivity (Wildman–Crippen MR) is 170 cm³/mol. The van der Waals surface area contributed by atoms with Crippen LogP contribution in [0.15, 0.2) is 48.5 Å². The fourth-order valence-corrected chi connectivity index (χ4v) is 7.32. The molecule has 3 aliphatic heterocycles. The van der Waals surface area contributed by atoms with E-state index in [4.69, 9.17) is 9.47 Å². The maximum Gasteiger partial charge on any atom is 0.250 e. The molecular weight excluding hydrogens is 560 g/mol. The molecule has 0 saturated carbocycles. The molecule has 1 spiro atoms. The zero-order chi connectivity index (χ0) is 31.3. The highest BCUT2D eigenvalue weighted by Crippen LogP contribution is 2.58. The van der Waals surface area contributed by atoms with Crippen molar-refractivity contribution < 1.29 is 29.0 Å². The minimum Gasteiger partial charge on any atom is -0.494 e.